The van der Waals surface area contributed by atoms with Crippen LogP contribution in [0.1, 0.15) is 20.5 Å². The molecule has 0 saturated heterocycles. The van der Waals surface area contributed by atoms with Crippen molar-refractivity contribution in [2.24, 2.45) is 5.73 Å². The summed E-state index contributed by atoms with van der Waals surface area (Å²) in [4.78, 5) is 14.4. The van der Waals surface area contributed by atoms with E-state index in [1.807, 2.05) is 35.0 Å². The summed E-state index contributed by atoms with van der Waals surface area (Å²) >= 11 is 4.29. The van der Waals surface area contributed by atoms with E-state index in [0.29, 0.717) is 10.6 Å². The Balaban J connectivity index is 2.00. The van der Waals surface area contributed by atoms with Crippen LogP contribution in [0.2, 0.25) is 0 Å². The fourth-order valence-electron chi connectivity index (χ4n) is 2.22. The Morgan fingerprint density at radius 3 is 2.60 bits per heavy atom. The first-order valence-corrected chi connectivity index (χ1v) is 8.53. The molecule has 0 spiro atoms. The van der Waals surface area contributed by atoms with Crippen LogP contribution in [0.15, 0.2) is 45.6 Å². The van der Waals surface area contributed by atoms with Gasteiger partial charge in [0.2, 0.25) is 0 Å². The van der Waals surface area contributed by atoms with Gasteiger partial charge in [-0.2, -0.15) is 5.26 Å². The first-order chi connectivity index (χ1) is 9.72. The third-order valence-electron chi connectivity index (χ3n) is 3.13. The Morgan fingerprint density at radius 2 is 2.00 bits per heavy atom. The maximum absolute atomic E-state index is 12.6. The van der Waals surface area contributed by atoms with Crippen molar-refractivity contribution < 1.29 is 4.79 Å². The third kappa shape index (κ3) is 2.18. The summed E-state index contributed by atoms with van der Waals surface area (Å²) < 4.78 is 0. The number of Topliss-reactive ketones (excluding diaryl/α,β-unsaturated/α-hetero) is 1. The van der Waals surface area contributed by atoms with Crippen molar-refractivity contribution in [3.63, 3.8) is 0 Å². The van der Waals surface area contributed by atoms with Crippen molar-refractivity contribution in [3.05, 3.63) is 55.4 Å². The summed E-state index contributed by atoms with van der Waals surface area (Å²) in [6.07, 6.45) is 0. The average molecular weight is 318 g/mol. The lowest BCUT2D eigenvalue weighted by Crippen LogP contribution is -2.22. The number of hydrogen-bond donors (Lipinski definition) is 1. The van der Waals surface area contributed by atoms with Gasteiger partial charge >= 0.3 is 0 Å². The number of thioether (sulfide) groups is 1. The van der Waals surface area contributed by atoms with E-state index in [1.54, 1.807) is 11.3 Å². The van der Waals surface area contributed by atoms with Gasteiger partial charge in [0.05, 0.1) is 32.7 Å². The number of hydrogen-bond acceptors (Lipinski definition) is 6. The van der Waals surface area contributed by atoms with Gasteiger partial charge < -0.3 is 5.73 Å². The number of allylic oxidation sites excluding steroid dienone is 1. The van der Waals surface area contributed by atoms with Crippen molar-refractivity contribution in [3.8, 4) is 6.07 Å². The van der Waals surface area contributed by atoms with Crippen molar-refractivity contribution in [2.45, 2.75) is 11.2 Å². The number of rotatable bonds is 3. The molecule has 3 heterocycles. The summed E-state index contributed by atoms with van der Waals surface area (Å²) in [7, 11) is 0. The van der Waals surface area contributed by atoms with Crippen LogP contribution in [0.3, 0.4) is 0 Å². The van der Waals surface area contributed by atoms with Crippen LogP contribution in [0, 0.1) is 11.3 Å². The van der Waals surface area contributed by atoms with Crippen LogP contribution in [0.4, 0.5) is 0 Å². The van der Waals surface area contributed by atoms with Crippen LogP contribution in [-0.2, 0) is 0 Å². The molecule has 2 atom stereocenters. The zero-order chi connectivity index (χ0) is 14.1. The Hall–Kier alpha value is -1.55. The van der Waals surface area contributed by atoms with Gasteiger partial charge in [0, 0.05) is 4.88 Å². The summed E-state index contributed by atoms with van der Waals surface area (Å²) in [5.74, 6) is -0.170. The van der Waals surface area contributed by atoms with E-state index < -0.39 is 0 Å². The van der Waals surface area contributed by atoms with E-state index in [2.05, 4.69) is 6.07 Å². The van der Waals surface area contributed by atoms with Gasteiger partial charge in [-0.25, -0.2) is 0 Å². The second-order valence-corrected chi connectivity index (χ2v) is 7.37. The molecule has 0 aromatic carbocycles. The number of carbonyl (C=O) groups excluding carboxylic acids is 1. The Labute approximate surface area is 128 Å². The van der Waals surface area contributed by atoms with E-state index in [0.717, 1.165) is 9.75 Å². The SMILES string of the molecule is N#CC1=C(N)S[C@@H](C(=O)c2cccs2)[C@H]1c1cccs1. The first kappa shape index (κ1) is 13.4. The lowest BCUT2D eigenvalue weighted by molar-refractivity contribution is 0.0989. The molecule has 0 bridgehead atoms. The van der Waals surface area contributed by atoms with Crippen molar-refractivity contribution in [1.29, 1.82) is 5.26 Å². The van der Waals surface area contributed by atoms with Gasteiger partial charge in [-0.1, -0.05) is 23.9 Å². The normalized spacial score (nSPS) is 21.9. The van der Waals surface area contributed by atoms with Crippen LogP contribution < -0.4 is 5.73 Å². The predicted molar refractivity (Wildman–Crippen MR) is 83.9 cm³/mol. The number of nitriles is 1. The number of nitrogens with zero attached hydrogens (tertiary/aromatic N) is 1. The molecule has 3 rings (SSSR count). The van der Waals surface area contributed by atoms with Crippen LogP contribution in [0.5, 0.6) is 0 Å². The fraction of sp³-hybridized carbons (Fsp3) is 0.143. The second kappa shape index (κ2) is 5.44. The van der Waals surface area contributed by atoms with Gasteiger partial charge in [0.25, 0.3) is 0 Å². The molecular weight excluding hydrogens is 308 g/mol. The van der Waals surface area contributed by atoms with Gasteiger partial charge in [0.1, 0.15) is 0 Å². The van der Waals surface area contributed by atoms with E-state index in [9.17, 15) is 10.1 Å². The zero-order valence-corrected chi connectivity index (χ0v) is 12.7. The minimum Gasteiger partial charge on any atom is -0.393 e. The summed E-state index contributed by atoms with van der Waals surface area (Å²) in [5.41, 5.74) is 6.46. The highest BCUT2D eigenvalue weighted by atomic mass is 32.2. The molecule has 0 radical (unpaired) electrons. The average Bonchev–Trinajstić information content (AvgIpc) is 3.18. The van der Waals surface area contributed by atoms with Crippen molar-refractivity contribution in [1.82, 2.24) is 0 Å². The summed E-state index contributed by atoms with van der Waals surface area (Å²) in [6.45, 7) is 0. The minimum atomic E-state index is -0.332. The number of nitrogens with two attached hydrogens (primary N) is 1. The molecule has 2 aromatic rings. The minimum absolute atomic E-state index is 0.0524. The lowest BCUT2D eigenvalue weighted by atomic mass is 9.92. The van der Waals surface area contributed by atoms with Gasteiger partial charge in [-0.15, -0.1) is 22.7 Å². The standard InChI is InChI=1S/C14H10N2OS3/c15-7-8-11(9-3-1-5-18-9)13(20-14(8)16)12(17)10-4-2-6-19-10/h1-6,11,13H,16H2/t11-,13-/m1/s1. The molecule has 3 nitrogen and oxygen atoms in total. The Morgan fingerprint density at radius 1 is 1.25 bits per heavy atom. The Kier molecular flexibility index (Phi) is 3.66. The molecule has 0 aliphatic carbocycles. The lowest BCUT2D eigenvalue weighted by Gasteiger charge is -2.16. The molecule has 2 aromatic heterocycles. The monoisotopic (exact) mass is 318 g/mol. The highest BCUT2D eigenvalue weighted by Crippen LogP contribution is 2.48. The third-order valence-corrected chi connectivity index (χ3v) is 6.18. The molecule has 0 unspecified atom stereocenters. The van der Waals surface area contributed by atoms with Gasteiger partial charge in [0.15, 0.2) is 5.78 Å². The molecule has 1 aliphatic heterocycles. The maximum atomic E-state index is 12.6. The smallest absolute Gasteiger partial charge is 0.187 e. The molecule has 20 heavy (non-hydrogen) atoms. The Bertz CT molecular complexity index is 695. The van der Waals surface area contributed by atoms with Crippen molar-refractivity contribution in [2.75, 3.05) is 0 Å². The van der Waals surface area contributed by atoms with Crippen LogP contribution in [0.25, 0.3) is 0 Å². The summed E-state index contributed by atoms with van der Waals surface area (Å²) in [6, 6.07) is 9.74. The molecule has 1 aliphatic rings. The number of thiophene rings is 2. The maximum Gasteiger partial charge on any atom is 0.187 e. The molecule has 0 saturated carbocycles. The highest BCUT2D eigenvalue weighted by molar-refractivity contribution is 8.04. The zero-order valence-electron chi connectivity index (χ0n) is 10.3. The molecule has 2 N–H and O–H groups in total. The van der Waals surface area contributed by atoms with E-state index in [-0.39, 0.29) is 17.0 Å². The number of carbonyl (C=O) groups is 1. The topological polar surface area (TPSA) is 66.9 Å². The predicted octanol–water partition coefficient (Wildman–Crippen LogP) is 3.59. The van der Waals surface area contributed by atoms with E-state index >= 15 is 0 Å². The second-order valence-electron chi connectivity index (χ2n) is 4.26. The number of ketones is 1. The van der Waals surface area contributed by atoms with Crippen LogP contribution in [-0.4, -0.2) is 11.0 Å². The van der Waals surface area contributed by atoms with Gasteiger partial charge in [-0.3, -0.25) is 4.79 Å². The molecule has 100 valence electrons. The molecule has 6 heteroatoms. The van der Waals surface area contributed by atoms with E-state index in [1.165, 1.54) is 23.1 Å². The first-order valence-electron chi connectivity index (χ1n) is 5.90. The molecule has 0 amide bonds. The van der Waals surface area contributed by atoms with Gasteiger partial charge in [-0.05, 0) is 22.9 Å². The molecular formula is C14H10N2OS3. The largest absolute Gasteiger partial charge is 0.393 e. The quantitative estimate of drug-likeness (QED) is 0.878. The fourth-order valence-corrected chi connectivity index (χ4v) is 5.18. The molecule has 0 fully saturated rings. The van der Waals surface area contributed by atoms with E-state index in [4.69, 9.17) is 5.73 Å². The van der Waals surface area contributed by atoms with Crippen LogP contribution >= 0.6 is 34.4 Å². The highest BCUT2D eigenvalue weighted by Gasteiger charge is 2.41. The van der Waals surface area contributed by atoms with Crippen molar-refractivity contribution >= 4 is 40.2 Å². The summed E-state index contributed by atoms with van der Waals surface area (Å²) in [5, 5.41) is 13.3.